The maximum Gasteiger partial charge on any atom is 0.364 e. The molecule has 0 saturated heterocycles. The number of aromatic nitrogens is 4. The Labute approximate surface area is 137 Å². The highest BCUT2D eigenvalue weighted by atomic mass is 16.6. The number of nitro groups is 1. The Bertz CT molecular complexity index is 930. The van der Waals surface area contributed by atoms with Crippen LogP contribution in [0.5, 0.6) is 0 Å². The van der Waals surface area contributed by atoms with Crippen LogP contribution in [-0.2, 0) is 13.1 Å². The molecule has 3 rings (SSSR count). The Morgan fingerprint density at radius 3 is 2.21 bits per heavy atom. The number of benzene rings is 2. The first-order chi connectivity index (χ1) is 11.5. The maximum atomic E-state index is 12.3. The molecular formula is C16H15N5O3. The van der Waals surface area contributed by atoms with Crippen LogP contribution in [0.4, 0.5) is 5.69 Å². The smallest absolute Gasteiger partial charge is 0.258 e. The second kappa shape index (κ2) is 6.45. The summed E-state index contributed by atoms with van der Waals surface area (Å²) in [5.41, 5.74) is 1.99. The maximum absolute atomic E-state index is 12.3. The zero-order valence-electron chi connectivity index (χ0n) is 13.0. The minimum atomic E-state index is -0.429. The van der Waals surface area contributed by atoms with Gasteiger partial charge in [-0.3, -0.25) is 10.1 Å². The van der Waals surface area contributed by atoms with Crippen molar-refractivity contribution in [2.24, 2.45) is 0 Å². The van der Waals surface area contributed by atoms with E-state index in [2.05, 4.69) is 10.4 Å². The van der Waals surface area contributed by atoms with Crippen molar-refractivity contribution in [3.05, 3.63) is 85.8 Å². The van der Waals surface area contributed by atoms with Crippen molar-refractivity contribution >= 4 is 5.69 Å². The Hall–Kier alpha value is -3.29. The Balaban J connectivity index is 1.81. The first-order valence-electron chi connectivity index (χ1n) is 7.33. The van der Waals surface area contributed by atoms with Gasteiger partial charge in [-0.1, -0.05) is 36.4 Å². The molecule has 0 N–H and O–H groups in total. The third kappa shape index (κ3) is 3.22. The largest absolute Gasteiger partial charge is 0.364 e. The average molecular weight is 325 g/mol. The molecule has 8 heteroatoms. The van der Waals surface area contributed by atoms with Gasteiger partial charge in [0.25, 0.3) is 5.69 Å². The molecule has 0 fully saturated rings. The van der Waals surface area contributed by atoms with Gasteiger partial charge in [-0.2, -0.15) is 9.36 Å². The molecule has 0 aliphatic heterocycles. The third-order valence-corrected chi connectivity index (χ3v) is 3.66. The van der Waals surface area contributed by atoms with Crippen molar-refractivity contribution in [3.8, 4) is 0 Å². The van der Waals surface area contributed by atoms with Crippen molar-refractivity contribution in [3.63, 3.8) is 0 Å². The highest BCUT2D eigenvalue weighted by molar-refractivity contribution is 5.41. The fourth-order valence-electron chi connectivity index (χ4n) is 2.45. The van der Waals surface area contributed by atoms with E-state index in [0.717, 1.165) is 11.1 Å². The van der Waals surface area contributed by atoms with Crippen molar-refractivity contribution < 1.29 is 4.92 Å². The lowest BCUT2D eigenvalue weighted by Crippen LogP contribution is -2.26. The highest BCUT2D eigenvalue weighted by Gasteiger charge is 2.12. The lowest BCUT2D eigenvalue weighted by atomic mass is 10.1. The molecule has 0 spiro atoms. The zero-order valence-corrected chi connectivity index (χ0v) is 13.0. The first kappa shape index (κ1) is 15.6. The van der Waals surface area contributed by atoms with Crippen LogP contribution in [0.25, 0.3) is 0 Å². The minimum Gasteiger partial charge on any atom is -0.258 e. The molecule has 8 nitrogen and oxygen atoms in total. The van der Waals surface area contributed by atoms with Crippen LogP contribution in [0.3, 0.4) is 0 Å². The van der Waals surface area contributed by atoms with Gasteiger partial charge in [0, 0.05) is 11.6 Å². The van der Waals surface area contributed by atoms with Crippen LogP contribution in [-0.4, -0.2) is 24.7 Å². The lowest BCUT2D eigenvalue weighted by Gasteiger charge is -2.02. The fraction of sp³-hybridized carbons (Fsp3) is 0.188. The van der Waals surface area contributed by atoms with E-state index < -0.39 is 4.92 Å². The van der Waals surface area contributed by atoms with Gasteiger partial charge in [0.15, 0.2) is 0 Å². The molecule has 0 radical (unpaired) electrons. The standard InChI is InChI=1S/C16H15N5O3/c1-12-9-14(7-8-15(12)21(23)24)11-20-16(22)19(17-18-20)10-13-5-3-2-4-6-13/h2-9H,10-11H2,1H3. The van der Waals surface area contributed by atoms with Crippen LogP contribution >= 0.6 is 0 Å². The van der Waals surface area contributed by atoms with E-state index in [-0.39, 0.29) is 17.9 Å². The molecule has 1 heterocycles. The van der Waals surface area contributed by atoms with Gasteiger partial charge in [0.1, 0.15) is 0 Å². The average Bonchev–Trinajstić information content (AvgIpc) is 2.89. The molecule has 0 amide bonds. The summed E-state index contributed by atoms with van der Waals surface area (Å²) in [7, 11) is 0. The molecule has 24 heavy (non-hydrogen) atoms. The van der Waals surface area contributed by atoms with Crippen LogP contribution in [0.1, 0.15) is 16.7 Å². The number of nitro benzene ring substituents is 1. The minimum absolute atomic E-state index is 0.0545. The molecule has 0 aliphatic rings. The summed E-state index contributed by atoms with van der Waals surface area (Å²) in [6, 6.07) is 14.2. The van der Waals surface area contributed by atoms with Gasteiger partial charge in [0.05, 0.1) is 18.0 Å². The van der Waals surface area contributed by atoms with E-state index in [4.69, 9.17) is 0 Å². The van der Waals surface area contributed by atoms with Gasteiger partial charge in [0.2, 0.25) is 0 Å². The van der Waals surface area contributed by atoms with E-state index in [1.807, 2.05) is 30.3 Å². The summed E-state index contributed by atoms with van der Waals surface area (Å²) in [6.07, 6.45) is 0. The molecule has 0 saturated carbocycles. The molecule has 0 bridgehead atoms. The van der Waals surface area contributed by atoms with Gasteiger partial charge < -0.3 is 0 Å². The second-order valence-electron chi connectivity index (χ2n) is 5.44. The Kier molecular flexibility index (Phi) is 4.19. The van der Waals surface area contributed by atoms with Crippen molar-refractivity contribution in [2.75, 3.05) is 0 Å². The number of tetrazole rings is 1. The van der Waals surface area contributed by atoms with Crippen LogP contribution in [0.15, 0.2) is 53.3 Å². The molecule has 122 valence electrons. The topological polar surface area (TPSA) is 95.8 Å². The third-order valence-electron chi connectivity index (χ3n) is 3.66. The summed E-state index contributed by atoms with van der Waals surface area (Å²) in [4.78, 5) is 22.7. The summed E-state index contributed by atoms with van der Waals surface area (Å²) in [6.45, 7) is 2.22. The number of nitrogens with zero attached hydrogens (tertiary/aromatic N) is 5. The number of hydrogen-bond acceptors (Lipinski definition) is 5. The van der Waals surface area contributed by atoms with Crippen LogP contribution < -0.4 is 5.69 Å². The summed E-state index contributed by atoms with van der Waals surface area (Å²) < 4.78 is 2.52. The quantitative estimate of drug-likeness (QED) is 0.526. The number of aryl methyl sites for hydroxylation is 1. The second-order valence-corrected chi connectivity index (χ2v) is 5.44. The highest BCUT2D eigenvalue weighted by Crippen LogP contribution is 2.18. The van der Waals surface area contributed by atoms with Crippen molar-refractivity contribution in [1.29, 1.82) is 0 Å². The first-order valence-corrected chi connectivity index (χ1v) is 7.33. The predicted octanol–water partition coefficient (Wildman–Crippen LogP) is 1.75. The SMILES string of the molecule is Cc1cc(Cn2nnn(Cc3ccccc3)c2=O)ccc1[N+](=O)[O-]. The molecular weight excluding hydrogens is 310 g/mol. The lowest BCUT2D eigenvalue weighted by molar-refractivity contribution is -0.385. The van der Waals surface area contributed by atoms with Gasteiger partial charge in [-0.15, -0.1) is 0 Å². The van der Waals surface area contributed by atoms with E-state index in [1.54, 1.807) is 19.1 Å². The molecule has 0 aliphatic carbocycles. The van der Waals surface area contributed by atoms with Gasteiger partial charge >= 0.3 is 5.69 Å². The molecule has 0 unspecified atom stereocenters. The Morgan fingerprint density at radius 1 is 1.00 bits per heavy atom. The molecule has 3 aromatic rings. The van der Waals surface area contributed by atoms with Crippen molar-refractivity contribution in [1.82, 2.24) is 19.8 Å². The van der Waals surface area contributed by atoms with E-state index in [0.29, 0.717) is 12.1 Å². The van der Waals surface area contributed by atoms with E-state index in [1.165, 1.54) is 15.4 Å². The van der Waals surface area contributed by atoms with E-state index in [9.17, 15) is 14.9 Å². The summed E-state index contributed by atoms with van der Waals surface area (Å²) in [5.74, 6) is 0. The molecule has 2 aromatic carbocycles. The molecule has 1 aromatic heterocycles. The zero-order chi connectivity index (χ0) is 17.1. The van der Waals surface area contributed by atoms with Crippen LogP contribution in [0, 0.1) is 17.0 Å². The van der Waals surface area contributed by atoms with Crippen LogP contribution in [0.2, 0.25) is 0 Å². The van der Waals surface area contributed by atoms with Gasteiger partial charge in [-0.05, 0) is 34.5 Å². The Morgan fingerprint density at radius 2 is 1.62 bits per heavy atom. The number of hydrogen-bond donors (Lipinski definition) is 0. The summed E-state index contributed by atoms with van der Waals surface area (Å²) in [5, 5.41) is 18.6. The molecule has 0 atom stereocenters. The van der Waals surface area contributed by atoms with Gasteiger partial charge in [-0.25, -0.2) is 4.79 Å². The fourth-order valence-corrected chi connectivity index (χ4v) is 2.45. The predicted molar refractivity (Wildman–Crippen MR) is 86.8 cm³/mol. The normalized spacial score (nSPS) is 10.7. The summed E-state index contributed by atoms with van der Waals surface area (Å²) >= 11 is 0. The van der Waals surface area contributed by atoms with E-state index >= 15 is 0 Å². The van der Waals surface area contributed by atoms with Crippen molar-refractivity contribution in [2.45, 2.75) is 20.0 Å². The number of rotatable bonds is 5. The monoisotopic (exact) mass is 325 g/mol.